The molecular formula is C29H27N5. The molecule has 34 heavy (non-hydrogen) atoms. The fraction of sp³-hybridized carbons (Fsp3) is 0.172. The smallest absolute Gasteiger partial charge is 0.151 e. The average molecular weight is 446 g/mol. The summed E-state index contributed by atoms with van der Waals surface area (Å²) in [5.74, 6) is 0. The van der Waals surface area contributed by atoms with E-state index in [4.69, 9.17) is 10.2 Å². The van der Waals surface area contributed by atoms with Crippen molar-refractivity contribution >= 4 is 5.69 Å². The maximum Gasteiger partial charge on any atom is 0.151 e. The number of nitrogens with one attached hydrogen (secondary N) is 1. The fourth-order valence-corrected chi connectivity index (χ4v) is 4.92. The van der Waals surface area contributed by atoms with Gasteiger partial charge < -0.3 is 5.32 Å². The van der Waals surface area contributed by atoms with Gasteiger partial charge in [0.15, 0.2) is 6.17 Å². The van der Waals surface area contributed by atoms with E-state index in [2.05, 4.69) is 98.5 Å². The number of aromatic nitrogens is 4. The molecule has 5 nitrogen and oxygen atoms in total. The normalized spacial score (nSPS) is 14.4. The van der Waals surface area contributed by atoms with Crippen LogP contribution in [-0.2, 0) is 0 Å². The maximum atomic E-state index is 5.06. The Hall–Kier alpha value is -4.12. The average Bonchev–Trinajstić information content (AvgIpc) is 3.44. The lowest BCUT2D eigenvalue weighted by Gasteiger charge is -2.30. The molecule has 5 heteroatoms. The molecule has 0 radical (unpaired) electrons. The molecule has 0 aliphatic carbocycles. The predicted octanol–water partition coefficient (Wildman–Crippen LogP) is 6.61. The van der Waals surface area contributed by atoms with E-state index in [9.17, 15) is 0 Å². The molecule has 168 valence electrons. The van der Waals surface area contributed by atoms with Crippen LogP contribution in [0.5, 0.6) is 0 Å². The van der Waals surface area contributed by atoms with Crippen LogP contribution in [0.25, 0.3) is 28.2 Å². The molecule has 0 unspecified atom stereocenters. The molecule has 2 aromatic heterocycles. The Morgan fingerprint density at radius 2 is 1.56 bits per heavy atom. The Kier molecular flexibility index (Phi) is 4.66. The van der Waals surface area contributed by atoms with Gasteiger partial charge in [-0.2, -0.15) is 10.2 Å². The highest BCUT2D eigenvalue weighted by atomic mass is 15.4. The highest BCUT2D eigenvalue weighted by Crippen LogP contribution is 2.43. The van der Waals surface area contributed by atoms with Crippen molar-refractivity contribution in [2.45, 2.75) is 33.9 Å². The third kappa shape index (κ3) is 3.32. The Bertz CT molecular complexity index is 1510. The van der Waals surface area contributed by atoms with Gasteiger partial charge in [-0.3, -0.25) is 0 Å². The minimum absolute atomic E-state index is 0.175. The van der Waals surface area contributed by atoms with Gasteiger partial charge >= 0.3 is 0 Å². The van der Waals surface area contributed by atoms with Crippen LogP contribution in [0, 0.1) is 27.7 Å². The van der Waals surface area contributed by atoms with E-state index in [0.717, 1.165) is 39.6 Å². The van der Waals surface area contributed by atoms with Gasteiger partial charge in [0.1, 0.15) is 0 Å². The lowest BCUT2D eigenvalue weighted by atomic mass is 9.97. The highest BCUT2D eigenvalue weighted by molar-refractivity contribution is 5.82. The van der Waals surface area contributed by atoms with Crippen molar-refractivity contribution in [3.8, 4) is 28.2 Å². The summed E-state index contributed by atoms with van der Waals surface area (Å²) in [6.45, 7) is 8.48. The second-order valence-electron chi connectivity index (χ2n) is 9.25. The lowest BCUT2D eigenvalue weighted by Crippen LogP contribution is -2.26. The minimum Gasteiger partial charge on any atom is -0.359 e. The van der Waals surface area contributed by atoms with Gasteiger partial charge in [0.05, 0.1) is 22.8 Å². The topological polar surface area (TPSA) is 47.7 Å². The van der Waals surface area contributed by atoms with Crippen LogP contribution in [-0.4, -0.2) is 19.6 Å². The van der Waals surface area contributed by atoms with E-state index in [1.54, 1.807) is 0 Å². The molecule has 0 amide bonds. The number of fused-ring (bicyclic) bond motifs is 3. The standard InChI is InChI=1S/C29H27N5/c1-18-10-12-22(13-11-18)28-25(17-33(32-28)23-8-6-5-7-9-23)29-30-27-20(3)14-19(2)15-24(27)26-16-21(4)31-34(26)29/h5-17,29-30H,1-4H3/t29-/m1/s1. The molecule has 0 saturated heterocycles. The zero-order valence-corrected chi connectivity index (χ0v) is 19.9. The number of aryl methyl sites for hydroxylation is 4. The van der Waals surface area contributed by atoms with E-state index >= 15 is 0 Å². The van der Waals surface area contributed by atoms with Crippen LogP contribution in [0.1, 0.15) is 34.1 Å². The van der Waals surface area contributed by atoms with Crippen molar-refractivity contribution < 1.29 is 0 Å². The number of hydrogen-bond acceptors (Lipinski definition) is 3. The molecular weight excluding hydrogens is 418 g/mol. The molecule has 1 atom stereocenters. The molecule has 3 heterocycles. The molecule has 5 aromatic rings. The first-order valence-corrected chi connectivity index (χ1v) is 11.6. The first kappa shape index (κ1) is 20.5. The molecule has 1 aliphatic rings. The van der Waals surface area contributed by atoms with Crippen LogP contribution in [0.2, 0.25) is 0 Å². The van der Waals surface area contributed by atoms with E-state index in [1.165, 1.54) is 22.3 Å². The van der Waals surface area contributed by atoms with E-state index < -0.39 is 0 Å². The van der Waals surface area contributed by atoms with Crippen molar-refractivity contribution in [3.63, 3.8) is 0 Å². The monoisotopic (exact) mass is 445 g/mol. The number of nitrogens with zero attached hydrogens (tertiary/aromatic N) is 4. The lowest BCUT2D eigenvalue weighted by molar-refractivity contribution is 0.571. The van der Waals surface area contributed by atoms with E-state index in [1.807, 2.05) is 22.9 Å². The number of hydrogen-bond donors (Lipinski definition) is 1. The Labute approximate surface area is 199 Å². The maximum absolute atomic E-state index is 5.06. The highest BCUT2D eigenvalue weighted by Gasteiger charge is 2.31. The molecule has 1 N–H and O–H groups in total. The number of para-hydroxylation sites is 1. The summed E-state index contributed by atoms with van der Waals surface area (Å²) in [7, 11) is 0. The van der Waals surface area contributed by atoms with Gasteiger partial charge in [-0.25, -0.2) is 9.36 Å². The van der Waals surface area contributed by atoms with Crippen molar-refractivity contribution in [1.82, 2.24) is 19.6 Å². The van der Waals surface area contributed by atoms with Gasteiger partial charge in [-0.15, -0.1) is 0 Å². The number of benzene rings is 3. The van der Waals surface area contributed by atoms with E-state index in [-0.39, 0.29) is 6.17 Å². The zero-order valence-electron chi connectivity index (χ0n) is 19.9. The summed E-state index contributed by atoms with van der Waals surface area (Å²) >= 11 is 0. The van der Waals surface area contributed by atoms with Crippen LogP contribution >= 0.6 is 0 Å². The molecule has 3 aromatic carbocycles. The summed E-state index contributed by atoms with van der Waals surface area (Å²) in [4.78, 5) is 0. The minimum atomic E-state index is -0.175. The van der Waals surface area contributed by atoms with Gasteiger partial charge in [0.2, 0.25) is 0 Å². The SMILES string of the molecule is Cc1ccc(-c2nn(-c3ccccc3)cc2[C@@H]2Nc3c(C)cc(C)cc3-c3cc(C)nn32)cc1. The predicted molar refractivity (Wildman–Crippen MR) is 137 cm³/mol. The van der Waals surface area contributed by atoms with Crippen LogP contribution in [0.3, 0.4) is 0 Å². The number of rotatable bonds is 3. The van der Waals surface area contributed by atoms with Gasteiger partial charge in [-0.05, 0) is 57.5 Å². The molecule has 0 spiro atoms. The summed E-state index contributed by atoms with van der Waals surface area (Å²) < 4.78 is 4.08. The largest absolute Gasteiger partial charge is 0.359 e. The molecule has 6 rings (SSSR count). The first-order chi connectivity index (χ1) is 16.5. The quantitative estimate of drug-likeness (QED) is 0.340. The molecule has 0 fully saturated rings. The van der Waals surface area contributed by atoms with Gasteiger partial charge in [0, 0.05) is 28.6 Å². The van der Waals surface area contributed by atoms with Crippen LogP contribution < -0.4 is 5.32 Å². The Morgan fingerprint density at radius 1 is 0.794 bits per heavy atom. The van der Waals surface area contributed by atoms with Gasteiger partial charge in [-0.1, -0.05) is 59.7 Å². The van der Waals surface area contributed by atoms with Crippen molar-refractivity contribution in [2.75, 3.05) is 5.32 Å². The summed E-state index contributed by atoms with van der Waals surface area (Å²) in [5.41, 5.74) is 12.4. The summed E-state index contributed by atoms with van der Waals surface area (Å²) in [6.07, 6.45) is 1.96. The Balaban J connectivity index is 1.58. The van der Waals surface area contributed by atoms with E-state index in [0.29, 0.717) is 0 Å². The van der Waals surface area contributed by atoms with Crippen LogP contribution in [0.15, 0.2) is 79.0 Å². The first-order valence-electron chi connectivity index (χ1n) is 11.6. The second kappa shape index (κ2) is 7.73. The van der Waals surface area contributed by atoms with Crippen molar-refractivity contribution in [1.29, 1.82) is 0 Å². The zero-order chi connectivity index (χ0) is 23.4. The summed E-state index contributed by atoms with van der Waals surface area (Å²) in [5, 5.41) is 13.8. The Morgan fingerprint density at radius 3 is 2.32 bits per heavy atom. The summed E-state index contributed by atoms with van der Waals surface area (Å²) in [6, 6.07) is 25.5. The molecule has 0 saturated carbocycles. The molecule has 1 aliphatic heterocycles. The third-order valence-corrected chi connectivity index (χ3v) is 6.52. The second-order valence-corrected chi connectivity index (χ2v) is 9.25. The fourth-order valence-electron chi connectivity index (χ4n) is 4.92. The van der Waals surface area contributed by atoms with Crippen molar-refractivity contribution in [3.05, 3.63) is 107 Å². The van der Waals surface area contributed by atoms with Crippen molar-refractivity contribution in [2.24, 2.45) is 0 Å². The van der Waals surface area contributed by atoms with Gasteiger partial charge in [0.25, 0.3) is 0 Å². The third-order valence-electron chi connectivity index (χ3n) is 6.52. The number of anilines is 1. The van der Waals surface area contributed by atoms with Crippen LogP contribution in [0.4, 0.5) is 5.69 Å². The molecule has 0 bridgehead atoms.